The van der Waals surface area contributed by atoms with E-state index in [-0.39, 0.29) is 11.9 Å². The minimum atomic E-state index is -0.104. The average Bonchev–Trinajstić information content (AvgIpc) is 3.28. The molecule has 6 heteroatoms. The van der Waals surface area contributed by atoms with Gasteiger partial charge in [-0.3, -0.25) is 9.69 Å². The van der Waals surface area contributed by atoms with Crippen molar-refractivity contribution >= 4 is 23.3 Å². The average molecular weight is 331 g/mol. The summed E-state index contributed by atoms with van der Waals surface area (Å²) in [4.78, 5) is 18.5. The molecular weight excluding hydrogens is 310 g/mol. The van der Waals surface area contributed by atoms with Gasteiger partial charge in [0.1, 0.15) is 16.5 Å². The number of rotatable bonds is 6. The van der Waals surface area contributed by atoms with Crippen LogP contribution in [0.5, 0.6) is 0 Å². The van der Waals surface area contributed by atoms with Crippen LogP contribution in [0.1, 0.15) is 35.4 Å². The number of furan rings is 1. The lowest BCUT2D eigenvalue weighted by atomic mass is 10.2. The van der Waals surface area contributed by atoms with Crippen LogP contribution in [0.2, 0.25) is 0 Å². The molecule has 1 saturated heterocycles. The Kier molecular flexibility index (Phi) is 5.25. The fourth-order valence-corrected chi connectivity index (χ4v) is 3.34. The lowest BCUT2D eigenvalue weighted by molar-refractivity contribution is -0.116. The van der Waals surface area contributed by atoms with Gasteiger partial charge in [0.25, 0.3) is 0 Å². The predicted octanol–water partition coefficient (Wildman–Crippen LogP) is 3.01. The van der Waals surface area contributed by atoms with Crippen molar-refractivity contribution < 1.29 is 9.21 Å². The van der Waals surface area contributed by atoms with Gasteiger partial charge < -0.3 is 9.73 Å². The third kappa shape index (κ3) is 4.30. The summed E-state index contributed by atoms with van der Waals surface area (Å²) in [5, 5.41) is 5.70. The smallest absolute Gasteiger partial charge is 0.244 e. The first kappa shape index (κ1) is 16.0. The molecule has 1 atom stereocenters. The van der Waals surface area contributed by atoms with E-state index in [4.69, 9.17) is 4.42 Å². The third-order valence-electron chi connectivity index (χ3n) is 3.97. The Morgan fingerprint density at radius 1 is 1.48 bits per heavy atom. The highest BCUT2D eigenvalue weighted by atomic mass is 32.1. The first-order valence-electron chi connectivity index (χ1n) is 7.88. The van der Waals surface area contributed by atoms with E-state index < -0.39 is 0 Å². The van der Waals surface area contributed by atoms with Gasteiger partial charge in [0.15, 0.2) is 0 Å². The van der Waals surface area contributed by atoms with Crippen molar-refractivity contribution in [3.63, 3.8) is 0 Å². The number of hydrogen-bond donors (Lipinski definition) is 1. The van der Waals surface area contributed by atoms with E-state index in [1.165, 1.54) is 30.3 Å². The van der Waals surface area contributed by atoms with Gasteiger partial charge in [-0.1, -0.05) is 0 Å². The summed E-state index contributed by atoms with van der Waals surface area (Å²) in [6.45, 7) is 4.60. The highest BCUT2D eigenvalue weighted by molar-refractivity contribution is 7.10. The molecule has 5 nitrogen and oxygen atoms in total. The SMILES string of the molecule is Cc1ccc([C@@H](CNC(=O)/C=C/c2nccs2)N2CCCC2)o1. The maximum absolute atomic E-state index is 12.0. The van der Waals surface area contributed by atoms with E-state index >= 15 is 0 Å². The Labute approximate surface area is 140 Å². The molecule has 3 rings (SSSR count). The van der Waals surface area contributed by atoms with E-state index in [2.05, 4.69) is 15.2 Å². The topological polar surface area (TPSA) is 58.4 Å². The Morgan fingerprint density at radius 2 is 2.30 bits per heavy atom. The molecular formula is C17H21N3O2S. The van der Waals surface area contributed by atoms with Crippen LogP contribution in [0.15, 0.2) is 34.2 Å². The fraction of sp³-hybridized carbons (Fsp3) is 0.412. The van der Waals surface area contributed by atoms with E-state index in [0.717, 1.165) is 29.6 Å². The Hall–Kier alpha value is -1.92. The minimum Gasteiger partial charge on any atom is -0.465 e. The number of amides is 1. The normalized spacial score (nSPS) is 16.9. The summed E-state index contributed by atoms with van der Waals surface area (Å²) in [6.07, 6.45) is 7.40. The van der Waals surface area contributed by atoms with Crippen LogP contribution >= 0.6 is 11.3 Å². The number of thiazole rings is 1. The maximum Gasteiger partial charge on any atom is 0.244 e. The van der Waals surface area contributed by atoms with Crippen LogP contribution in [0.3, 0.4) is 0 Å². The highest BCUT2D eigenvalue weighted by Gasteiger charge is 2.26. The number of carbonyl (C=O) groups excluding carboxylic acids is 1. The molecule has 0 aromatic carbocycles. The second-order valence-corrected chi connectivity index (χ2v) is 6.58. The van der Waals surface area contributed by atoms with Crippen LogP contribution in [0.4, 0.5) is 0 Å². The second-order valence-electron chi connectivity index (χ2n) is 5.66. The minimum absolute atomic E-state index is 0.100. The van der Waals surface area contributed by atoms with Gasteiger partial charge in [-0.2, -0.15) is 0 Å². The van der Waals surface area contributed by atoms with Gasteiger partial charge in [-0.15, -0.1) is 11.3 Å². The standard InChI is InChI=1S/C17H21N3O2S/c1-13-4-5-15(22-13)14(20-9-2-3-10-20)12-19-16(21)6-7-17-18-8-11-23-17/h4-8,11,14H,2-3,9-10,12H2,1H3,(H,19,21)/b7-6+/t14-/m1/s1. The lowest BCUT2D eigenvalue weighted by Gasteiger charge is -2.25. The number of nitrogens with zero attached hydrogens (tertiary/aromatic N) is 2. The molecule has 0 aliphatic carbocycles. The first-order chi connectivity index (χ1) is 11.2. The molecule has 122 valence electrons. The number of hydrogen-bond acceptors (Lipinski definition) is 5. The zero-order valence-corrected chi connectivity index (χ0v) is 14.0. The summed E-state index contributed by atoms with van der Waals surface area (Å²) in [5.41, 5.74) is 0. The molecule has 0 radical (unpaired) electrons. The molecule has 2 aromatic heterocycles. The Morgan fingerprint density at radius 3 is 2.96 bits per heavy atom. The second kappa shape index (κ2) is 7.57. The summed E-state index contributed by atoms with van der Waals surface area (Å²) in [7, 11) is 0. The number of likely N-dealkylation sites (tertiary alicyclic amines) is 1. The van der Waals surface area contributed by atoms with Gasteiger partial charge in [0.05, 0.1) is 6.04 Å². The van der Waals surface area contributed by atoms with Crippen LogP contribution in [-0.2, 0) is 4.79 Å². The van der Waals surface area contributed by atoms with Gasteiger partial charge >= 0.3 is 0 Å². The highest BCUT2D eigenvalue weighted by Crippen LogP contribution is 2.26. The fourth-order valence-electron chi connectivity index (χ4n) is 2.82. The van der Waals surface area contributed by atoms with Crippen molar-refractivity contribution in [3.05, 3.63) is 46.3 Å². The number of nitrogens with one attached hydrogen (secondary N) is 1. The Balaban J connectivity index is 1.61. The van der Waals surface area contributed by atoms with Crippen LogP contribution in [0.25, 0.3) is 6.08 Å². The van der Waals surface area contributed by atoms with Gasteiger partial charge in [0.2, 0.25) is 5.91 Å². The zero-order chi connectivity index (χ0) is 16.1. The third-order valence-corrected chi connectivity index (χ3v) is 4.71. The Bertz CT molecular complexity index is 657. The van der Waals surface area contributed by atoms with Crippen molar-refractivity contribution in [2.24, 2.45) is 0 Å². The van der Waals surface area contributed by atoms with Gasteiger partial charge in [0, 0.05) is 24.2 Å². The molecule has 1 amide bonds. The number of aryl methyl sites for hydroxylation is 1. The van der Waals surface area contributed by atoms with Crippen molar-refractivity contribution in [1.82, 2.24) is 15.2 Å². The lowest BCUT2D eigenvalue weighted by Crippen LogP contribution is -2.36. The van der Waals surface area contributed by atoms with Crippen molar-refractivity contribution in [3.8, 4) is 0 Å². The number of aromatic nitrogens is 1. The van der Waals surface area contributed by atoms with E-state index in [9.17, 15) is 4.79 Å². The molecule has 1 N–H and O–H groups in total. The summed E-state index contributed by atoms with van der Waals surface area (Å²) >= 11 is 1.51. The summed E-state index contributed by atoms with van der Waals surface area (Å²) < 4.78 is 5.79. The zero-order valence-electron chi connectivity index (χ0n) is 13.2. The molecule has 0 unspecified atom stereocenters. The number of carbonyl (C=O) groups is 1. The van der Waals surface area contributed by atoms with Crippen molar-refractivity contribution in [2.45, 2.75) is 25.8 Å². The summed E-state index contributed by atoms with van der Waals surface area (Å²) in [6, 6.07) is 4.08. The molecule has 23 heavy (non-hydrogen) atoms. The van der Waals surface area contributed by atoms with Crippen LogP contribution in [-0.4, -0.2) is 35.4 Å². The van der Waals surface area contributed by atoms with Gasteiger partial charge in [-0.25, -0.2) is 4.98 Å². The van der Waals surface area contributed by atoms with E-state index in [1.807, 2.05) is 24.4 Å². The van der Waals surface area contributed by atoms with E-state index in [1.54, 1.807) is 12.3 Å². The molecule has 0 bridgehead atoms. The molecule has 1 fully saturated rings. The molecule has 0 saturated carbocycles. The first-order valence-corrected chi connectivity index (χ1v) is 8.76. The molecule has 3 heterocycles. The quantitative estimate of drug-likeness (QED) is 0.827. The molecule has 0 spiro atoms. The molecule has 1 aliphatic heterocycles. The predicted molar refractivity (Wildman–Crippen MR) is 91.2 cm³/mol. The molecule has 2 aromatic rings. The van der Waals surface area contributed by atoms with Crippen molar-refractivity contribution in [2.75, 3.05) is 19.6 Å². The van der Waals surface area contributed by atoms with E-state index in [0.29, 0.717) is 6.54 Å². The van der Waals surface area contributed by atoms with Gasteiger partial charge in [-0.05, 0) is 51.1 Å². The van der Waals surface area contributed by atoms with Crippen LogP contribution < -0.4 is 5.32 Å². The maximum atomic E-state index is 12.0. The molecule has 1 aliphatic rings. The largest absolute Gasteiger partial charge is 0.465 e. The monoisotopic (exact) mass is 331 g/mol. The van der Waals surface area contributed by atoms with Crippen LogP contribution in [0, 0.1) is 6.92 Å². The van der Waals surface area contributed by atoms with Crippen molar-refractivity contribution in [1.29, 1.82) is 0 Å². The summed E-state index contributed by atoms with van der Waals surface area (Å²) in [5.74, 6) is 1.72.